The predicted molar refractivity (Wildman–Crippen MR) is 147 cm³/mol. The molecule has 1 amide bonds. The van der Waals surface area contributed by atoms with Crippen LogP contribution < -0.4 is 14.4 Å². The van der Waals surface area contributed by atoms with Gasteiger partial charge in [-0.25, -0.2) is 4.98 Å². The van der Waals surface area contributed by atoms with Gasteiger partial charge in [0.15, 0.2) is 5.82 Å². The fourth-order valence-electron chi connectivity index (χ4n) is 5.46. The lowest BCUT2D eigenvalue weighted by atomic mass is 9.86. The molecular formula is C28H31Cl2N5O3. The molecule has 3 aromatic rings. The number of nitrogens with zero attached hydrogens (tertiary/aromatic N) is 5. The van der Waals surface area contributed by atoms with Gasteiger partial charge < -0.3 is 19.3 Å². The summed E-state index contributed by atoms with van der Waals surface area (Å²) in [6, 6.07) is 15.2. The summed E-state index contributed by atoms with van der Waals surface area (Å²) in [5.74, 6) is 2.25. The van der Waals surface area contributed by atoms with Crippen molar-refractivity contribution in [2.75, 3.05) is 38.2 Å². The summed E-state index contributed by atoms with van der Waals surface area (Å²) in [4.78, 5) is 22.2. The number of pyridine rings is 1. The van der Waals surface area contributed by atoms with E-state index in [4.69, 9.17) is 32.7 Å². The first-order chi connectivity index (χ1) is 18.4. The maximum Gasteiger partial charge on any atom is 0.233 e. The molecule has 200 valence electrons. The largest absolute Gasteiger partial charge is 0.480 e. The number of piperidine rings is 1. The zero-order valence-electron chi connectivity index (χ0n) is 21.5. The normalized spacial score (nSPS) is 20.8. The van der Waals surface area contributed by atoms with Crippen LogP contribution in [-0.4, -0.2) is 65.4 Å². The summed E-state index contributed by atoms with van der Waals surface area (Å²) in [6.07, 6.45) is 2.98. The zero-order chi connectivity index (χ0) is 26.6. The van der Waals surface area contributed by atoms with Gasteiger partial charge in [0, 0.05) is 67.3 Å². The number of methoxy groups -OCH3 is 1. The number of hydrogen-bond acceptors (Lipinski definition) is 7. The van der Waals surface area contributed by atoms with Crippen LogP contribution >= 0.6 is 23.2 Å². The van der Waals surface area contributed by atoms with Crippen molar-refractivity contribution in [1.82, 2.24) is 20.1 Å². The average molecular weight is 556 g/mol. The van der Waals surface area contributed by atoms with E-state index in [-0.39, 0.29) is 29.8 Å². The molecule has 0 radical (unpaired) electrons. The van der Waals surface area contributed by atoms with Crippen LogP contribution in [0.5, 0.6) is 11.8 Å². The highest BCUT2D eigenvalue weighted by Gasteiger charge is 2.42. The monoisotopic (exact) mass is 555 g/mol. The molecule has 2 fully saturated rings. The number of carbonyl (C=O) groups is 1. The van der Waals surface area contributed by atoms with Gasteiger partial charge in [-0.3, -0.25) is 4.79 Å². The van der Waals surface area contributed by atoms with E-state index in [9.17, 15) is 4.79 Å². The summed E-state index contributed by atoms with van der Waals surface area (Å²) >= 11 is 12.1. The van der Waals surface area contributed by atoms with E-state index in [1.807, 2.05) is 36.1 Å². The van der Waals surface area contributed by atoms with Crippen LogP contribution in [0.15, 0.2) is 54.7 Å². The van der Waals surface area contributed by atoms with Crippen molar-refractivity contribution in [2.45, 2.75) is 31.8 Å². The molecule has 3 atom stereocenters. The summed E-state index contributed by atoms with van der Waals surface area (Å²) in [5.41, 5.74) is 1.15. The molecule has 8 nitrogen and oxygen atoms in total. The van der Waals surface area contributed by atoms with Gasteiger partial charge in [-0.15, -0.1) is 10.2 Å². The summed E-state index contributed by atoms with van der Waals surface area (Å²) < 4.78 is 11.3. The first kappa shape index (κ1) is 26.5. The highest BCUT2D eigenvalue weighted by atomic mass is 35.5. The molecule has 4 heterocycles. The molecule has 0 spiro atoms. The first-order valence-corrected chi connectivity index (χ1v) is 13.6. The number of halogens is 2. The molecule has 10 heteroatoms. The maximum atomic E-state index is 13.7. The van der Waals surface area contributed by atoms with Crippen LogP contribution in [0.3, 0.4) is 0 Å². The van der Waals surface area contributed by atoms with E-state index in [0.29, 0.717) is 34.9 Å². The van der Waals surface area contributed by atoms with E-state index < -0.39 is 0 Å². The molecule has 0 aliphatic carbocycles. The van der Waals surface area contributed by atoms with Crippen molar-refractivity contribution in [3.8, 4) is 11.8 Å². The minimum Gasteiger partial charge on any atom is -0.480 e. The second-order valence-electron chi connectivity index (χ2n) is 9.90. The molecular weight excluding hydrogens is 525 g/mol. The van der Waals surface area contributed by atoms with Crippen LogP contribution in [-0.2, 0) is 4.79 Å². The molecule has 1 unspecified atom stereocenters. The Labute approximate surface area is 232 Å². The molecule has 2 aromatic heterocycles. The SMILES string of the molecule is COc1ccc(N2CCC(C(=O)N3C[C@H](c4ccc(Cl)cc4)[C@@H](C(C)Oc4ccc(Cl)cn4)C3)CC2)nn1. The molecule has 2 aliphatic heterocycles. The molecule has 2 aliphatic rings. The number of aromatic nitrogens is 3. The number of hydrogen-bond donors (Lipinski definition) is 0. The number of amides is 1. The van der Waals surface area contributed by atoms with Gasteiger partial charge in [0.05, 0.1) is 12.1 Å². The van der Waals surface area contributed by atoms with Gasteiger partial charge in [0.2, 0.25) is 17.7 Å². The lowest BCUT2D eigenvalue weighted by molar-refractivity contribution is -0.135. The molecule has 38 heavy (non-hydrogen) atoms. The lowest BCUT2D eigenvalue weighted by Crippen LogP contribution is -2.42. The van der Waals surface area contributed by atoms with Crippen molar-refractivity contribution in [3.63, 3.8) is 0 Å². The summed E-state index contributed by atoms with van der Waals surface area (Å²) in [5, 5.41) is 9.58. The standard InChI is InChI=1S/C28H31Cl2N5O3/c1-18(38-26-9-7-22(30)15-31-26)23-16-35(17-24(23)19-3-5-21(29)6-4-19)28(36)20-11-13-34(14-12-20)25-8-10-27(37-2)33-32-25/h3-10,15,18,20,23-24H,11-14,16-17H2,1-2H3/t18?,23-,24-/m1/s1. The van der Waals surface area contributed by atoms with Crippen molar-refractivity contribution in [1.29, 1.82) is 0 Å². The van der Waals surface area contributed by atoms with Gasteiger partial charge in [0.1, 0.15) is 6.10 Å². The molecule has 0 bridgehead atoms. The highest BCUT2D eigenvalue weighted by molar-refractivity contribution is 6.30. The smallest absolute Gasteiger partial charge is 0.233 e. The molecule has 5 rings (SSSR count). The van der Waals surface area contributed by atoms with Crippen LogP contribution in [0.2, 0.25) is 10.0 Å². The Balaban J connectivity index is 1.26. The van der Waals surface area contributed by atoms with Gasteiger partial charge in [0.25, 0.3) is 0 Å². The Kier molecular flexibility index (Phi) is 8.19. The third-order valence-electron chi connectivity index (χ3n) is 7.59. The van der Waals surface area contributed by atoms with Crippen LogP contribution in [0, 0.1) is 11.8 Å². The maximum absolute atomic E-state index is 13.7. The van der Waals surface area contributed by atoms with Gasteiger partial charge in [-0.05, 0) is 49.6 Å². The van der Waals surface area contributed by atoms with Gasteiger partial charge >= 0.3 is 0 Å². The number of ether oxygens (including phenoxy) is 2. The highest BCUT2D eigenvalue weighted by Crippen LogP contribution is 2.38. The Morgan fingerprint density at radius 3 is 2.29 bits per heavy atom. The van der Waals surface area contributed by atoms with Crippen molar-refractivity contribution >= 4 is 34.9 Å². The van der Waals surface area contributed by atoms with Gasteiger partial charge in [-0.2, -0.15) is 0 Å². The fourth-order valence-corrected chi connectivity index (χ4v) is 5.70. The van der Waals surface area contributed by atoms with Crippen LogP contribution in [0.25, 0.3) is 0 Å². The Morgan fingerprint density at radius 2 is 1.66 bits per heavy atom. The van der Waals surface area contributed by atoms with E-state index >= 15 is 0 Å². The third-order valence-corrected chi connectivity index (χ3v) is 8.06. The Bertz CT molecular complexity index is 1220. The average Bonchev–Trinajstić information content (AvgIpc) is 3.40. The zero-order valence-corrected chi connectivity index (χ0v) is 23.0. The Morgan fingerprint density at radius 1 is 0.947 bits per heavy atom. The van der Waals surface area contributed by atoms with Crippen LogP contribution in [0.4, 0.5) is 5.82 Å². The molecule has 0 N–H and O–H groups in total. The second-order valence-corrected chi connectivity index (χ2v) is 10.8. The van der Waals surface area contributed by atoms with E-state index in [0.717, 1.165) is 37.3 Å². The van der Waals surface area contributed by atoms with E-state index in [2.05, 4.69) is 32.2 Å². The number of carbonyl (C=O) groups excluding carboxylic acids is 1. The molecule has 2 saturated heterocycles. The van der Waals surface area contributed by atoms with Gasteiger partial charge in [-0.1, -0.05) is 35.3 Å². The minimum absolute atomic E-state index is 0.0174. The number of benzene rings is 1. The van der Waals surface area contributed by atoms with Crippen molar-refractivity contribution in [2.24, 2.45) is 11.8 Å². The number of rotatable bonds is 7. The molecule has 1 aromatic carbocycles. The van der Waals surface area contributed by atoms with Crippen LogP contribution in [0.1, 0.15) is 31.2 Å². The molecule has 0 saturated carbocycles. The van der Waals surface area contributed by atoms with E-state index in [1.165, 1.54) is 0 Å². The lowest BCUT2D eigenvalue weighted by Gasteiger charge is -2.33. The predicted octanol–water partition coefficient (Wildman–Crippen LogP) is 5.11. The second kappa shape index (κ2) is 11.7. The third kappa shape index (κ3) is 5.97. The Hall–Kier alpha value is -3.10. The fraction of sp³-hybridized carbons (Fsp3) is 0.429. The van der Waals surface area contributed by atoms with E-state index in [1.54, 1.807) is 25.4 Å². The summed E-state index contributed by atoms with van der Waals surface area (Å²) in [6.45, 7) is 4.85. The topological polar surface area (TPSA) is 80.7 Å². The quantitative estimate of drug-likeness (QED) is 0.400. The number of likely N-dealkylation sites (tertiary alicyclic amines) is 1. The van der Waals surface area contributed by atoms with Crippen molar-refractivity contribution < 1.29 is 14.3 Å². The number of anilines is 1. The van der Waals surface area contributed by atoms with Crippen molar-refractivity contribution in [3.05, 3.63) is 70.3 Å². The first-order valence-electron chi connectivity index (χ1n) is 12.9. The minimum atomic E-state index is -0.155. The summed E-state index contributed by atoms with van der Waals surface area (Å²) in [7, 11) is 1.57.